The first-order chi connectivity index (χ1) is 18.0. The van der Waals surface area contributed by atoms with E-state index in [0.29, 0.717) is 72.4 Å². The molecule has 10 heteroatoms. The van der Waals surface area contributed by atoms with Crippen molar-refractivity contribution in [3.05, 3.63) is 65.2 Å². The molecule has 0 spiro atoms. The van der Waals surface area contributed by atoms with E-state index in [4.69, 9.17) is 26.4 Å². The minimum Gasteiger partial charge on any atom is -0.486 e. The molecule has 1 saturated heterocycles. The van der Waals surface area contributed by atoms with Gasteiger partial charge in [0.1, 0.15) is 36.0 Å². The molecule has 4 heterocycles. The number of anilines is 1. The van der Waals surface area contributed by atoms with Crippen LogP contribution in [0.1, 0.15) is 12.5 Å². The van der Waals surface area contributed by atoms with E-state index in [-0.39, 0.29) is 23.5 Å². The van der Waals surface area contributed by atoms with Crippen LogP contribution in [0.25, 0.3) is 16.7 Å². The number of amides is 1. The Labute approximate surface area is 211 Å². The molecule has 0 aliphatic carbocycles. The molecule has 37 heavy (non-hydrogen) atoms. The van der Waals surface area contributed by atoms with Crippen molar-refractivity contribution in [2.24, 2.45) is 0 Å². The molecular formula is C27H23N5O5. The first-order valence-electron chi connectivity index (χ1n) is 11.8. The van der Waals surface area contributed by atoms with Crippen LogP contribution in [0.4, 0.5) is 5.82 Å². The summed E-state index contributed by atoms with van der Waals surface area (Å²) in [5, 5.41) is 0. The highest BCUT2D eigenvalue weighted by Gasteiger charge is 2.31. The van der Waals surface area contributed by atoms with E-state index >= 15 is 0 Å². The van der Waals surface area contributed by atoms with Gasteiger partial charge in [-0.05, 0) is 54.8 Å². The van der Waals surface area contributed by atoms with Crippen LogP contribution in [-0.4, -0.2) is 51.2 Å². The number of hydrogen-bond acceptors (Lipinski definition) is 7. The van der Waals surface area contributed by atoms with Gasteiger partial charge in [-0.15, -0.1) is 6.42 Å². The molecule has 2 aliphatic heterocycles. The minimum absolute atomic E-state index is 0.229. The van der Waals surface area contributed by atoms with E-state index in [9.17, 15) is 9.59 Å². The predicted octanol–water partition coefficient (Wildman–Crippen LogP) is 2.74. The van der Waals surface area contributed by atoms with E-state index in [0.717, 1.165) is 0 Å². The summed E-state index contributed by atoms with van der Waals surface area (Å²) in [7, 11) is 0. The summed E-state index contributed by atoms with van der Waals surface area (Å²) < 4.78 is 20.4. The van der Waals surface area contributed by atoms with Gasteiger partial charge in [-0.2, -0.15) is 0 Å². The molecule has 2 aromatic heterocycles. The van der Waals surface area contributed by atoms with Crippen LogP contribution in [0.2, 0.25) is 0 Å². The number of pyridine rings is 1. The fourth-order valence-corrected chi connectivity index (χ4v) is 4.90. The maximum Gasteiger partial charge on any atom is 0.334 e. The van der Waals surface area contributed by atoms with E-state index in [2.05, 4.69) is 10.9 Å². The molecule has 4 aromatic rings. The number of aromatic nitrogens is 3. The molecule has 0 saturated carbocycles. The van der Waals surface area contributed by atoms with Crippen LogP contribution < -0.4 is 25.6 Å². The van der Waals surface area contributed by atoms with Crippen molar-refractivity contribution < 1.29 is 19.0 Å². The predicted molar refractivity (Wildman–Crippen MR) is 136 cm³/mol. The molecule has 186 valence electrons. The van der Waals surface area contributed by atoms with Gasteiger partial charge in [0.05, 0.1) is 17.2 Å². The smallest absolute Gasteiger partial charge is 0.334 e. The van der Waals surface area contributed by atoms with E-state index < -0.39 is 0 Å². The number of benzene rings is 2. The third-order valence-corrected chi connectivity index (χ3v) is 6.60. The minimum atomic E-state index is -0.380. The number of nitrogen functional groups attached to an aromatic ring is 1. The summed E-state index contributed by atoms with van der Waals surface area (Å²) in [6.07, 6.45) is 7.47. The average molecular weight is 498 g/mol. The molecule has 1 atom stereocenters. The Kier molecular flexibility index (Phi) is 5.45. The van der Waals surface area contributed by atoms with E-state index in [1.165, 1.54) is 4.57 Å². The van der Waals surface area contributed by atoms with Gasteiger partial charge in [0.2, 0.25) is 0 Å². The van der Waals surface area contributed by atoms with Gasteiger partial charge < -0.3 is 24.8 Å². The average Bonchev–Trinajstić information content (AvgIpc) is 3.51. The van der Waals surface area contributed by atoms with Crippen LogP contribution in [0.3, 0.4) is 0 Å². The summed E-state index contributed by atoms with van der Waals surface area (Å²) in [4.78, 5) is 31.5. The number of nitrogens with zero attached hydrogens (tertiary/aromatic N) is 4. The van der Waals surface area contributed by atoms with E-state index in [1.54, 1.807) is 52.1 Å². The number of hydrogen-bond donors (Lipinski definition) is 1. The summed E-state index contributed by atoms with van der Waals surface area (Å²) in [6.45, 7) is 1.85. The summed E-state index contributed by atoms with van der Waals surface area (Å²) >= 11 is 0. The quantitative estimate of drug-likeness (QED) is 0.431. The Bertz CT molecular complexity index is 1620. The maximum absolute atomic E-state index is 13.7. The molecule has 0 bridgehead atoms. The molecule has 0 unspecified atom stereocenters. The largest absolute Gasteiger partial charge is 0.486 e. The summed E-state index contributed by atoms with van der Waals surface area (Å²) in [5.41, 5.74) is 7.73. The Morgan fingerprint density at radius 3 is 2.62 bits per heavy atom. The highest BCUT2D eigenvalue weighted by molar-refractivity contribution is 5.93. The number of carbonyl (C=O) groups excluding carboxylic acids is 1. The highest BCUT2D eigenvalue weighted by atomic mass is 16.6. The summed E-state index contributed by atoms with van der Waals surface area (Å²) in [5.74, 6) is 4.51. The van der Waals surface area contributed by atoms with Gasteiger partial charge in [-0.1, -0.05) is 0 Å². The van der Waals surface area contributed by atoms with E-state index in [1.807, 2.05) is 12.1 Å². The third-order valence-electron chi connectivity index (χ3n) is 6.60. The molecular weight excluding hydrogens is 474 g/mol. The van der Waals surface area contributed by atoms with Crippen molar-refractivity contribution in [1.82, 2.24) is 19.0 Å². The number of rotatable bonds is 4. The number of ether oxygens (including phenoxy) is 3. The Morgan fingerprint density at radius 1 is 1.08 bits per heavy atom. The van der Waals surface area contributed by atoms with Crippen molar-refractivity contribution >= 4 is 22.8 Å². The number of likely N-dealkylation sites (tertiary alicyclic amines) is 1. The molecule has 2 N–H and O–H groups in total. The zero-order valence-electron chi connectivity index (χ0n) is 19.8. The normalized spacial score (nSPS) is 16.5. The van der Waals surface area contributed by atoms with Gasteiger partial charge in [-0.25, -0.2) is 9.78 Å². The maximum atomic E-state index is 13.7. The Hall–Kier alpha value is -4.91. The first-order valence-corrected chi connectivity index (χ1v) is 11.8. The van der Waals surface area contributed by atoms with Crippen LogP contribution in [0.15, 0.2) is 59.5 Å². The lowest BCUT2D eigenvalue weighted by Crippen LogP contribution is -2.31. The third kappa shape index (κ3) is 3.90. The molecule has 1 fully saturated rings. The van der Waals surface area contributed by atoms with Crippen LogP contribution in [0.5, 0.6) is 23.0 Å². The number of nitrogens with two attached hydrogens (primary N) is 1. The van der Waals surface area contributed by atoms with Crippen LogP contribution in [-0.2, 0) is 4.79 Å². The van der Waals surface area contributed by atoms with Crippen molar-refractivity contribution in [2.75, 3.05) is 32.0 Å². The second-order valence-electron chi connectivity index (χ2n) is 8.79. The van der Waals surface area contributed by atoms with Crippen molar-refractivity contribution in [2.45, 2.75) is 12.5 Å². The second-order valence-corrected chi connectivity index (χ2v) is 8.79. The Morgan fingerprint density at radius 2 is 1.84 bits per heavy atom. The number of carbonyl (C=O) groups is 1. The van der Waals surface area contributed by atoms with Crippen LogP contribution >= 0.6 is 0 Å². The molecule has 2 aromatic carbocycles. The highest BCUT2D eigenvalue weighted by Crippen LogP contribution is 2.35. The summed E-state index contributed by atoms with van der Waals surface area (Å²) in [6, 6.07) is 14.0. The second kappa shape index (κ2) is 8.95. The zero-order chi connectivity index (χ0) is 25.5. The van der Waals surface area contributed by atoms with Gasteiger partial charge in [0.25, 0.3) is 5.91 Å². The van der Waals surface area contributed by atoms with Crippen molar-refractivity contribution in [3.8, 4) is 41.0 Å². The van der Waals surface area contributed by atoms with Crippen molar-refractivity contribution in [3.63, 3.8) is 0 Å². The van der Waals surface area contributed by atoms with Gasteiger partial charge >= 0.3 is 5.69 Å². The van der Waals surface area contributed by atoms with Crippen LogP contribution in [0, 0.1) is 12.3 Å². The standard InChI is InChI=1S/C27H23N5O5/c1-2-24(33)30-12-10-18(16-30)31-21-9-11-29-26(28)25(21)32(27(31)34)17-3-5-19(6-4-17)37-20-7-8-22-23(15-20)36-14-13-35-22/h1,3-9,11,15,18H,10,12-14,16H2,(H2,28,29)/t18-/m1/s1. The topological polar surface area (TPSA) is 114 Å². The lowest BCUT2D eigenvalue weighted by atomic mass is 10.2. The fourth-order valence-electron chi connectivity index (χ4n) is 4.90. The molecule has 2 aliphatic rings. The number of imidazole rings is 1. The SMILES string of the molecule is C#CC(=O)N1CC[C@@H](n2c(=O)n(-c3ccc(Oc4ccc5c(c4)OCCO5)cc3)c3c(N)nccc32)C1. The monoisotopic (exact) mass is 497 g/mol. The molecule has 10 nitrogen and oxygen atoms in total. The first kappa shape index (κ1) is 22.5. The van der Waals surface area contributed by atoms with Gasteiger partial charge in [-0.3, -0.25) is 13.9 Å². The molecule has 1 amide bonds. The number of fused-ring (bicyclic) bond motifs is 2. The lowest BCUT2D eigenvalue weighted by Gasteiger charge is -2.18. The fraction of sp³-hybridized carbons (Fsp3) is 0.222. The molecule has 6 rings (SSSR count). The Balaban J connectivity index is 1.34. The van der Waals surface area contributed by atoms with Crippen molar-refractivity contribution in [1.29, 1.82) is 0 Å². The molecule has 0 radical (unpaired) electrons. The van der Waals surface area contributed by atoms with Gasteiger partial charge in [0, 0.05) is 25.4 Å². The van der Waals surface area contributed by atoms with Gasteiger partial charge in [0.15, 0.2) is 11.5 Å². The zero-order valence-corrected chi connectivity index (χ0v) is 19.8. The number of terminal acetylenes is 1. The lowest BCUT2D eigenvalue weighted by molar-refractivity contribution is -0.124.